The van der Waals surface area contributed by atoms with E-state index in [9.17, 15) is 13.2 Å². The Morgan fingerprint density at radius 3 is 2.57 bits per heavy atom. The van der Waals surface area contributed by atoms with Crippen LogP contribution in [0.1, 0.15) is 23.0 Å². The molecule has 21 heavy (non-hydrogen) atoms. The highest BCUT2D eigenvalue weighted by Gasteiger charge is 2.16. The molecule has 1 heterocycles. The average molecular weight is 369 g/mol. The highest BCUT2D eigenvalue weighted by molar-refractivity contribution is 9.10. The van der Waals surface area contributed by atoms with Crippen molar-refractivity contribution in [2.75, 3.05) is 4.72 Å². The van der Waals surface area contributed by atoms with Crippen LogP contribution in [-0.4, -0.2) is 19.2 Å². The topological polar surface area (TPSA) is 76.1 Å². The number of nitrogens with one attached hydrogen (secondary N) is 1. The van der Waals surface area contributed by atoms with Crippen molar-refractivity contribution in [3.8, 4) is 0 Å². The van der Waals surface area contributed by atoms with Gasteiger partial charge in [0.05, 0.1) is 16.3 Å². The minimum Gasteiger partial charge on any atom is -0.295 e. The maximum absolute atomic E-state index is 12.4. The molecule has 0 bridgehead atoms. The van der Waals surface area contributed by atoms with Crippen molar-refractivity contribution in [2.24, 2.45) is 0 Å². The predicted octanol–water partition coefficient (Wildman–Crippen LogP) is 3.16. The molecule has 0 aliphatic rings. The van der Waals surface area contributed by atoms with Crippen LogP contribution in [0.15, 0.2) is 45.9 Å². The summed E-state index contributed by atoms with van der Waals surface area (Å²) in [5.41, 5.74) is 1.30. The van der Waals surface area contributed by atoms with E-state index in [4.69, 9.17) is 0 Å². The number of hydrogen-bond donors (Lipinski definition) is 1. The summed E-state index contributed by atoms with van der Waals surface area (Å²) in [5.74, 6) is -0.187. The Morgan fingerprint density at radius 2 is 1.95 bits per heavy atom. The van der Waals surface area contributed by atoms with Gasteiger partial charge in [-0.25, -0.2) is 13.4 Å². The van der Waals surface area contributed by atoms with Crippen LogP contribution in [0.5, 0.6) is 0 Å². The summed E-state index contributed by atoms with van der Waals surface area (Å²) in [6.45, 7) is 3.09. The summed E-state index contributed by atoms with van der Waals surface area (Å²) in [5, 5.41) is 0. The first-order chi connectivity index (χ1) is 9.79. The molecule has 0 unspecified atom stereocenters. The lowest BCUT2D eigenvalue weighted by atomic mass is 10.2. The van der Waals surface area contributed by atoms with Gasteiger partial charge in [0.15, 0.2) is 5.78 Å². The van der Waals surface area contributed by atoms with Crippen LogP contribution in [0.3, 0.4) is 0 Å². The van der Waals surface area contributed by atoms with Gasteiger partial charge in [-0.3, -0.25) is 9.52 Å². The van der Waals surface area contributed by atoms with E-state index < -0.39 is 10.0 Å². The van der Waals surface area contributed by atoms with Gasteiger partial charge in [-0.05, 0) is 54.0 Å². The zero-order valence-corrected chi connectivity index (χ0v) is 13.8. The summed E-state index contributed by atoms with van der Waals surface area (Å²) >= 11 is 3.22. The van der Waals surface area contributed by atoms with Crippen LogP contribution in [0, 0.1) is 6.92 Å². The second-order valence-electron chi connectivity index (χ2n) is 4.46. The Hall–Kier alpha value is -1.73. The smallest absolute Gasteiger partial charge is 0.261 e. The highest BCUT2D eigenvalue weighted by Crippen LogP contribution is 2.21. The number of hydrogen-bond acceptors (Lipinski definition) is 4. The molecule has 7 heteroatoms. The van der Waals surface area contributed by atoms with Crippen LogP contribution in [0.4, 0.5) is 5.69 Å². The van der Waals surface area contributed by atoms with E-state index in [0.29, 0.717) is 21.5 Å². The average Bonchev–Trinajstić information content (AvgIpc) is 2.42. The van der Waals surface area contributed by atoms with Crippen LogP contribution in [0.25, 0.3) is 0 Å². The zero-order valence-electron chi connectivity index (χ0n) is 11.4. The van der Waals surface area contributed by atoms with Gasteiger partial charge in [0.1, 0.15) is 4.60 Å². The largest absolute Gasteiger partial charge is 0.295 e. The van der Waals surface area contributed by atoms with Gasteiger partial charge < -0.3 is 0 Å². The van der Waals surface area contributed by atoms with E-state index in [0.717, 1.165) is 0 Å². The van der Waals surface area contributed by atoms with Gasteiger partial charge in [-0.2, -0.15) is 0 Å². The molecule has 0 saturated heterocycles. The first kappa shape index (κ1) is 15.7. The Bertz CT molecular complexity index is 804. The fourth-order valence-corrected chi connectivity index (χ4v) is 3.29. The number of benzene rings is 1. The van der Waals surface area contributed by atoms with E-state index in [1.807, 2.05) is 0 Å². The number of anilines is 1. The molecule has 0 fully saturated rings. The number of nitrogens with zero attached hydrogens (tertiary/aromatic N) is 1. The Morgan fingerprint density at radius 1 is 1.24 bits per heavy atom. The number of Topliss-reactive ketones (excluding diaryl/α,β-unsaturated/α-hetero) is 1. The second-order valence-corrected chi connectivity index (χ2v) is 6.95. The number of aryl methyl sites for hydroxylation is 1. The third kappa shape index (κ3) is 3.68. The molecule has 0 amide bonds. The Kier molecular flexibility index (Phi) is 4.43. The third-order valence-electron chi connectivity index (χ3n) is 2.85. The molecule has 5 nitrogen and oxygen atoms in total. The molecule has 2 aromatic rings. The second kappa shape index (κ2) is 5.95. The lowest BCUT2D eigenvalue weighted by Crippen LogP contribution is -2.14. The Labute approximate surface area is 131 Å². The van der Waals surface area contributed by atoms with Crippen molar-refractivity contribution >= 4 is 37.4 Å². The van der Waals surface area contributed by atoms with E-state index >= 15 is 0 Å². The number of sulfonamides is 1. The molecule has 0 atom stereocenters. The van der Waals surface area contributed by atoms with E-state index in [1.54, 1.807) is 25.1 Å². The standard InChI is InChI=1S/C14H13BrN2O3S/c1-9-13(6-7-14(15)16-9)17-21(19,20)12-5-3-4-11(8-12)10(2)18/h3-8,17H,1-2H3. The fourth-order valence-electron chi connectivity index (χ4n) is 1.72. The molecule has 1 N–H and O–H groups in total. The summed E-state index contributed by atoms with van der Waals surface area (Å²) < 4.78 is 27.8. The zero-order chi connectivity index (χ0) is 15.6. The predicted molar refractivity (Wildman–Crippen MR) is 83.9 cm³/mol. The van der Waals surface area contributed by atoms with E-state index in [1.165, 1.54) is 25.1 Å². The molecule has 1 aromatic heterocycles. The number of aromatic nitrogens is 1. The number of rotatable bonds is 4. The molecule has 0 aliphatic heterocycles. The number of ketones is 1. The van der Waals surface area contributed by atoms with Crippen molar-refractivity contribution < 1.29 is 13.2 Å². The summed E-state index contributed by atoms with van der Waals surface area (Å²) in [6.07, 6.45) is 0. The van der Waals surface area contributed by atoms with Gasteiger partial charge in [-0.15, -0.1) is 0 Å². The molecule has 0 saturated carbocycles. The molecule has 1 aromatic carbocycles. The lowest BCUT2D eigenvalue weighted by molar-refractivity contribution is 0.101. The van der Waals surface area contributed by atoms with Gasteiger partial charge in [-0.1, -0.05) is 12.1 Å². The van der Waals surface area contributed by atoms with Crippen molar-refractivity contribution in [3.05, 3.63) is 52.3 Å². The first-order valence-electron chi connectivity index (χ1n) is 6.06. The van der Waals surface area contributed by atoms with Crippen LogP contribution in [0.2, 0.25) is 0 Å². The molecule has 0 spiro atoms. The molecular formula is C14H13BrN2O3S. The molecule has 110 valence electrons. The van der Waals surface area contributed by atoms with Gasteiger partial charge in [0, 0.05) is 5.56 Å². The number of halogens is 1. The molecule has 0 radical (unpaired) electrons. The third-order valence-corrected chi connectivity index (χ3v) is 4.65. The number of pyridine rings is 1. The fraction of sp³-hybridized carbons (Fsp3) is 0.143. The van der Waals surface area contributed by atoms with Crippen molar-refractivity contribution in [2.45, 2.75) is 18.7 Å². The van der Waals surface area contributed by atoms with Crippen molar-refractivity contribution in [1.29, 1.82) is 0 Å². The molecular weight excluding hydrogens is 356 g/mol. The number of carbonyl (C=O) groups is 1. The van der Waals surface area contributed by atoms with Crippen LogP contribution < -0.4 is 4.72 Å². The van der Waals surface area contributed by atoms with Gasteiger partial charge in [0.25, 0.3) is 10.0 Å². The van der Waals surface area contributed by atoms with Gasteiger partial charge in [0.2, 0.25) is 0 Å². The van der Waals surface area contributed by atoms with Crippen LogP contribution in [-0.2, 0) is 10.0 Å². The van der Waals surface area contributed by atoms with Gasteiger partial charge >= 0.3 is 0 Å². The highest BCUT2D eigenvalue weighted by atomic mass is 79.9. The monoisotopic (exact) mass is 368 g/mol. The van der Waals surface area contributed by atoms with Crippen LogP contribution >= 0.6 is 15.9 Å². The quantitative estimate of drug-likeness (QED) is 0.664. The van der Waals surface area contributed by atoms with E-state index in [2.05, 4.69) is 25.6 Å². The normalized spacial score (nSPS) is 11.2. The van der Waals surface area contributed by atoms with Crippen molar-refractivity contribution in [1.82, 2.24) is 4.98 Å². The maximum atomic E-state index is 12.4. The van der Waals surface area contributed by atoms with E-state index in [-0.39, 0.29) is 10.7 Å². The first-order valence-corrected chi connectivity index (χ1v) is 8.34. The minimum absolute atomic E-state index is 0.0394. The summed E-state index contributed by atoms with van der Waals surface area (Å²) in [4.78, 5) is 15.5. The Balaban J connectivity index is 2.38. The summed E-state index contributed by atoms with van der Waals surface area (Å²) in [7, 11) is -3.76. The minimum atomic E-state index is -3.76. The number of carbonyl (C=O) groups excluding carboxylic acids is 1. The SMILES string of the molecule is CC(=O)c1cccc(S(=O)(=O)Nc2ccc(Br)nc2C)c1. The van der Waals surface area contributed by atoms with Crippen molar-refractivity contribution in [3.63, 3.8) is 0 Å². The maximum Gasteiger partial charge on any atom is 0.261 e. The molecule has 0 aliphatic carbocycles. The summed E-state index contributed by atoms with van der Waals surface area (Å²) in [6, 6.07) is 9.18. The molecule has 2 rings (SSSR count). The lowest BCUT2D eigenvalue weighted by Gasteiger charge is -2.10.